The van der Waals surface area contributed by atoms with Crippen LogP contribution in [0.5, 0.6) is 0 Å². The van der Waals surface area contributed by atoms with E-state index in [1.54, 1.807) is 12.3 Å². The van der Waals surface area contributed by atoms with Gasteiger partial charge in [0.1, 0.15) is 34.4 Å². The minimum absolute atomic E-state index is 0.00392. The lowest BCUT2D eigenvalue weighted by atomic mass is 10.0. The molecule has 0 saturated carbocycles. The molecule has 4 aliphatic heterocycles. The summed E-state index contributed by atoms with van der Waals surface area (Å²) >= 11 is 15.0. The number of halogens is 3. The van der Waals surface area contributed by atoms with Crippen LogP contribution in [0.15, 0.2) is 45.9 Å². The molecular weight excluding hydrogens is 746 g/mol. The number of hydrogen-bond donors (Lipinski definition) is 2. The molecule has 4 aliphatic rings. The van der Waals surface area contributed by atoms with Gasteiger partial charge in [0.25, 0.3) is 11.8 Å². The fraction of sp³-hybridized carbons (Fsp3) is 0.387. The first-order valence-electron chi connectivity index (χ1n) is 15.9. The fourth-order valence-corrected chi connectivity index (χ4v) is 9.08. The van der Waals surface area contributed by atoms with Crippen LogP contribution in [0.4, 0.5) is 15.3 Å². The van der Waals surface area contributed by atoms with Crippen molar-refractivity contribution in [1.29, 1.82) is 0 Å². The van der Waals surface area contributed by atoms with Gasteiger partial charge in [0, 0.05) is 48.1 Å². The third kappa shape index (κ3) is 6.72. The molecule has 20 heteroatoms. The molecule has 0 bridgehead atoms. The summed E-state index contributed by atoms with van der Waals surface area (Å²) in [5, 5.41) is 24.9. The maximum Gasteiger partial charge on any atom is 0.276 e. The lowest BCUT2D eigenvalue weighted by molar-refractivity contribution is -0.766. The standard InChI is InChI=1S/C31H31Cl2FN10O5S2/c1-49-39-23(22-26(33)51-31(35)38-22)27(45)37-24-28(46)44-25(30(47)48)17(15-50-29(24)44)13-42-7-4-21-40(8-9-43(21)42)14-18-19(32)10-16(11-20(18)34)12-36-41-5-2-3-6-41/h4,7,10-12,24,29H,2-3,5-6,8-9,13-15H2,1H3,(H3-,35,37,38,45,47,48)/b36-12?,39-23-/t24-,29-/m1/s1. The number of anilines is 2. The third-order valence-electron chi connectivity index (χ3n) is 8.95. The van der Waals surface area contributed by atoms with E-state index >= 15 is 4.39 Å². The van der Waals surface area contributed by atoms with Crippen molar-refractivity contribution in [2.75, 3.05) is 43.1 Å². The van der Waals surface area contributed by atoms with E-state index < -0.39 is 35.0 Å². The Bertz CT molecular complexity index is 1990. The molecule has 51 heavy (non-hydrogen) atoms. The van der Waals surface area contributed by atoms with Gasteiger partial charge in [0.2, 0.25) is 0 Å². The number of nitrogens with zero attached hydrogens (tertiary/aromatic N) is 8. The Hall–Kier alpha value is -4.39. The van der Waals surface area contributed by atoms with Crippen molar-refractivity contribution in [3.05, 3.63) is 67.7 Å². The summed E-state index contributed by atoms with van der Waals surface area (Å²) in [6.45, 7) is 3.29. The number of carboxylic acid groups (broad SMARTS) is 1. The Balaban J connectivity index is 1.04. The monoisotopic (exact) mass is 776 g/mol. The van der Waals surface area contributed by atoms with E-state index in [1.807, 2.05) is 31.5 Å². The molecule has 0 spiro atoms. The Morgan fingerprint density at radius 3 is 2.73 bits per heavy atom. The number of nitrogen functional groups attached to an aromatic ring is 1. The molecule has 2 saturated heterocycles. The molecule has 0 aliphatic carbocycles. The van der Waals surface area contributed by atoms with Crippen LogP contribution in [0.1, 0.15) is 29.7 Å². The second kappa shape index (κ2) is 14.3. The topological polar surface area (TPSA) is 178 Å². The van der Waals surface area contributed by atoms with Crippen LogP contribution in [0.2, 0.25) is 9.36 Å². The number of amides is 2. The normalized spacial score (nSPS) is 20.3. The van der Waals surface area contributed by atoms with Crippen molar-refractivity contribution < 1.29 is 33.4 Å². The zero-order valence-corrected chi connectivity index (χ0v) is 30.2. The van der Waals surface area contributed by atoms with Gasteiger partial charge in [-0.1, -0.05) is 39.7 Å². The predicted octanol–water partition coefficient (Wildman–Crippen LogP) is 1.16. The predicted molar refractivity (Wildman–Crippen MR) is 188 cm³/mol. The van der Waals surface area contributed by atoms with Gasteiger partial charge < -0.3 is 30.7 Å². The number of nitrogens with one attached hydrogen (secondary N) is 1. The van der Waals surface area contributed by atoms with Gasteiger partial charge in [-0.2, -0.15) is 5.10 Å². The Labute approximate surface area is 309 Å². The number of thioether (sulfide) groups is 1. The van der Waals surface area contributed by atoms with Crippen molar-refractivity contribution in [1.82, 2.24) is 24.9 Å². The molecule has 7 rings (SSSR count). The fourth-order valence-electron chi connectivity index (χ4n) is 6.54. The molecular formula is C31H31Cl2FN10O5S2. The number of rotatable bonds is 11. The number of fused-ring (bicyclic) bond motifs is 2. The van der Waals surface area contributed by atoms with Gasteiger partial charge in [-0.15, -0.1) is 21.1 Å². The molecule has 2 atom stereocenters. The van der Waals surface area contributed by atoms with Crippen LogP contribution in [0.3, 0.4) is 0 Å². The first-order valence-corrected chi connectivity index (χ1v) is 18.5. The summed E-state index contributed by atoms with van der Waals surface area (Å²) in [7, 11) is 1.24. The average Bonchev–Trinajstić information content (AvgIpc) is 3.90. The number of benzene rings is 1. The highest BCUT2D eigenvalue weighted by atomic mass is 35.5. The molecule has 6 heterocycles. The van der Waals surface area contributed by atoms with Gasteiger partial charge in [-0.3, -0.25) is 19.5 Å². The van der Waals surface area contributed by atoms with Gasteiger partial charge in [-0.05, 0) is 30.5 Å². The minimum atomic E-state index is -1.51. The van der Waals surface area contributed by atoms with Gasteiger partial charge >= 0.3 is 0 Å². The Morgan fingerprint density at radius 2 is 2.04 bits per heavy atom. The van der Waals surface area contributed by atoms with Crippen molar-refractivity contribution >= 4 is 87.0 Å². The SMILES string of the molecule is CO/N=C(\C(=O)N[C@@H]1C(=O)N2C(C(=O)[O-])=C(C[n+]3ccc4n3CCN4Cc3c(F)cc(C=NN4CCCC4)cc3Cl)CS[C@H]12)c1nc(N)sc1Cl. The highest BCUT2D eigenvalue weighted by Gasteiger charge is 2.53. The number of carbonyl (C=O) groups excluding carboxylic acids is 3. The number of hydrogen-bond acceptors (Lipinski definition) is 13. The Morgan fingerprint density at radius 1 is 1.25 bits per heavy atom. The van der Waals surface area contributed by atoms with Crippen molar-refractivity contribution in [3.63, 3.8) is 0 Å². The number of nitrogens with two attached hydrogens (primary N) is 1. The van der Waals surface area contributed by atoms with Crippen LogP contribution < -0.4 is 25.7 Å². The lowest BCUT2D eigenvalue weighted by Crippen LogP contribution is -2.71. The first kappa shape index (κ1) is 35.0. The molecule has 2 fully saturated rings. The highest BCUT2D eigenvalue weighted by Crippen LogP contribution is 2.40. The maximum absolute atomic E-state index is 15.3. The summed E-state index contributed by atoms with van der Waals surface area (Å²) < 4.78 is 19.2. The number of carboxylic acids is 1. The van der Waals surface area contributed by atoms with E-state index in [1.165, 1.54) is 24.9 Å². The maximum atomic E-state index is 15.3. The molecule has 1 aromatic carbocycles. The molecule has 2 amide bonds. The van der Waals surface area contributed by atoms with Crippen LogP contribution in [0.25, 0.3) is 0 Å². The van der Waals surface area contributed by atoms with Crippen molar-refractivity contribution in [2.24, 2.45) is 10.3 Å². The van der Waals surface area contributed by atoms with Crippen molar-refractivity contribution in [3.8, 4) is 0 Å². The second-order valence-electron chi connectivity index (χ2n) is 12.1. The summed E-state index contributed by atoms with van der Waals surface area (Å²) in [5.41, 5.74) is 6.60. The zero-order valence-electron chi connectivity index (χ0n) is 27.1. The van der Waals surface area contributed by atoms with E-state index in [2.05, 4.69) is 20.6 Å². The summed E-state index contributed by atoms with van der Waals surface area (Å²) in [6.07, 6.45) is 5.62. The van der Waals surface area contributed by atoms with Gasteiger partial charge in [0.05, 0.1) is 30.5 Å². The summed E-state index contributed by atoms with van der Waals surface area (Å²) in [4.78, 5) is 50.9. The quantitative estimate of drug-likeness (QED) is 0.124. The van der Waals surface area contributed by atoms with E-state index in [-0.39, 0.29) is 45.4 Å². The van der Waals surface area contributed by atoms with Crippen LogP contribution in [0, 0.1) is 5.82 Å². The summed E-state index contributed by atoms with van der Waals surface area (Å²) in [6, 6.07) is 3.97. The third-order valence-corrected chi connectivity index (χ3v) is 11.7. The van der Waals surface area contributed by atoms with Crippen LogP contribution in [-0.4, -0.2) is 93.2 Å². The molecule has 268 valence electrons. The molecule has 0 radical (unpaired) electrons. The molecule has 2 aromatic heterocycles. The number of carbonyl (C=O) groups is 3. The molecule has 3 N–H and O–H groups in total. The number of aromatic nitrogens is 3. The largest absolute Gasteiger partial charge is 0.543 e. The molecule has 3 aromatic rings. The van der Waals surface area contributed by atoms with E-state index in [0.29, 0.717) is 34.8 Å². The number of oxime groups is 1. The smallest absolute Gasteiger partial charge is 0.276 e. The van der Waals surface area contributed by atoms with Crippen molar-refractivity contribution in [2.45, 2.75) is 43.9 Å². The Kier molecular flexibility index (Phi) is 9.84. The average molecular weight is 778 g/mol. The molecule has 0 unspecified atom stereocenters. The molecule has 15 nitrogen and oxygen atoms in total. The minimum Gasteiger partial charge on any atom is -0.543 e. The number of hydrazone groups is 1. The van der Waals surface area contributed by atoms with Gasteiger partial charge in [0.15, 0.2) is 29.4 Å². The van der Waals surface area contributed by atoms with Crippen LogP contribution >= 0.6 is 46.3 Å². The van der Waals surface area contributed by atoms with E-state index in [9.17, 15) is 19.5 Å². The summed E-state index contributed by atoms with van der Waals surface area (Å²) in [5.74, 6) is -2.28. The van der Waals surface area contributed by atoms with Crippen LogP contribution in [-0.2, 0) is 38.9 Å². The number of β-lactam (4-membered cyclic amide) rings is 1. The number of thiazole rings is 1. The lowest BCUT2D eigenvalue weighted by Gasteiger charge is -2.50. The zero-order chi connectivity index (χ0) is 36.0. The van der Waals surface area contributed by atoms with E-state index in [0.717, 1.165) is 48.0 Å². The first-order chi connectivity index (χ1) is 24.5. The van der Waals surface area contributed by atoms with Gasteiger partial charge in [-0.25, -0.2) is 9.37 Å². The van der Waals surface area contributed by atoms with E-state index in [4.69, 9.17) is 33.8 Å². The highest BCUT2D eigenvalue weighted by molar-refractivity contribution is 8.00. The second-order valence-corrected chi connectivity index (χ2v) is 15.2. The number of aliphatic carboxylic acids is 1.